The Morgan fingerprint density at radius 1 is 1.00 bits per heavy atom. The molecular weight excluding hydrogens is 395 g/mol. The highest BCUT2D eigenvalue weighted by molar-refractivity contribution is 7.92. The molecule has 0 saturated heterocycles. The van der Waals surface area contributed by atoms with Crippen LogP contribution in [0.5, 0.6) is 5.75 Å². The van der Waals surface area contributed by atoms with Crippen LogP contribution in [0, 0.1) is 12.7 Å². The van der Waals surface area contributed by atoms with Gasteiger partial charge in [-0.1, -0.05) is 12.1 Å². The maximum Gasteiger partial charge on any atom is 0.261 e. The van der Waals surface area contributed by atoms with Crippen molar-refractivity contribution in [3.05, 3.63) is 83.7 Å². The number of rotatable bonds is 6. The summed E-state index contributed by atoms with van der Waals surface area (Å²) < 4.78 is 46.3. The third-order valence-electron chi connectivity index (χ3n) is 4.20. The number of amides is 1. The first kappa shape index (κ1) is 20.3. The number of methoxy groups -OCH3 is 1. The number of aryl methyl sites for hydroxylation is 1. The fraction of sp³-hybridized carbons (Fsp3) is 0.0952. The highest BCUT2D eigenvalue weighted by Crippen LogP contribution is 2.23. The van der Waals surface area contributed by atoms with E-state index in [2.05, 4.69) is 10.0 Å². The van der Waals surface area contributed by atoms with Crippen LogP contribution < -0.4 is 14.8 Å². The predicted octanol–water partition coefficient (Wildman–Crippen LogP) is 4.20. The van der Waals surface area contributed by atoms with Crippen LogP contribution in [0.25, 0.3) is 0 Å². The Hall–Kier alpha value is -3.39. The molecule has 0 fully saturated rings. The molecule has 0 aliphatic carbocycles. The molecule has 0 bridgehead atoms. The molecule has 0 aliphatic rings. The Kier molecular flexibility index (Phi) is 5.84. The van der Waals surface area contributed by atoms with E-state index < -0.39 is 21.7 Å². The summed E-state index contributed by atoms with van der Waals surface area (Å²) in [5.41, 5.74) is 0.993. The largest absolute Gasteiger partial charge is 0.497 e. The van der Waals surface area contributed by atoms with Crippen molar-refractivity contribution in [2.24, 2.45) is 0 Å². The first-order valence-corrected chi connectivity index (χ1v) is 10.1. The van der Waals surface area contributed by atoms with E-state index in [1.54, 1.807) is 43.5 Å². The van der Waals surface area contributed by atoms with Gasteiger partial charge < -0.3 is 10.1 Å². The fourth-order valence-corrected chi connectivity index (χ4v) is 3.80. The molecule has 0 unspecified atom stereocenters. The lowest BCUT2D eigenvalue weighted by Crippen LogP contribution is -2.18. The van der Waals surface area contributed by atoms with Crippen molar-refractivity contribution in [3.63, 3.8) is 0 Å². The summed E-state index contributed by atoms with van der Waals surface area (Å²) in [6.45, 7) is 1.48. The maximum atomic E-state index is 13.5. The van der Waals surface area contributed by atoms with Gasteiger partial charge >= 0.3 is 0 Å². The number of anilines is 2. The summed E-state index contributed by atoms with van der Waals surface area (Å²) >= 11 is 0. The number of sulfonamides is 1. The second-order valence-corrected chi connectivity index (χ2v) is 7.93. The summed E-state index contributed by atoms with van der Waals surface area (Å²) in [5, 5.41) is 2.71. The van der Waals surface area contributed by atoms with E-state index in [1.807, 2.05) is 0 Å². The van der Waals surface area contributed by atoms with Crippen molar-refractivity contribution in [2.45, 2.75) is 11.8 Å². The van der Waals surface area contributed by atoms with E-state index in [4.69, 9.17) is 4.74 Å². The Morgan fingerprint density at radius 3 is 2.34 bits per heavy atom. The van der Waals surface area contributed by atoms with Gasteiger partial charge in [0.1, 0.15) is 11.6 Å². The highest BCUT2D eigenvalue weighted by Gasteiger charge is 2.19. The minimum atomic E-state index is -4.00. The zero-order chi connectivity index (χ0) is 21.0. The molecule has 2 N–H and O–H groups in total. The van der Waals surface area contributed by atoms with Crippen molar-refractivity contribution in [2.75, 3.05) is 17.1 Å². The number of ether oxygens (including phenoxy) is 1. The van der Waals surface area contributed by atoms with Crippen LogP contribution in [0.1, 0.15) is 15.9 Å². The monoisotopic (exact) mass is 414 g/mol. The number of hydrogen-bond donors (Lipinski definition) is 2. The fourth-order valence-electron chi connectivity index (χ4n) is 2.63. The zero-order valence-electron chi connectivity index (χ0n) is 15.8. The summed E-state index contributed by atoms with van der Waals surface area (Å²) in [6, 6.07) is 16.5. The molecule has 3 aromatic carbocycles. The number of nitrogens with one attached hydrogen (secondary N) is 2. The number of carbonyl (C=O) groups is 1. The molecule has 29 heavy (non-hydrogen) atoms. The van der Waals surface area contributed by atoms with Crippen LogP contribution in [0.2, 0.25) is 0 Å². The zero-order valence-corrected chi connectivity index (χ0v) is 16.6. The lowest BCUT2D eigenvalue weighted by Gasteiger charge is -2.13. The van der Waals surface area contributed by atoms with Gasteiger partial charge in [-0.15, -0.1) is 0 Å². The second-order valence-electron chi connectivity index (χ2n) is 6.24. The minimum absolute atomic E-state index is 0.0956. The summed E-state index contributed by atoms with van der Waals surface area (Å²) in [5.74, 6) is -0.335. The molecule has 1 amide bonds. The molecule has 6 nitrogen and oxygen atoms in total. The summed E-state index contributed by atoms with van der Waals surface area (Å²) in [4.78, 5) is 12.6. The van der Waals surface area contributed by atoms with Gasteiger partial charge in [0.2, 0.25) is 0 Å². The normalized spacial score (nSPS) is 11.0. The third kappa shape index (κ3) is 4.72. The lowest BCUT2D eigenvalue weighted by atomic mass is 10.1. The molecule has 3 aromatic rings. The smallest absolute Gasteiger partial charge is 0.261 e. The Labute approximate surface area is 168 Å². The maximum absolute atomic E-state index is 13.5. The van der Waals surface area contributed by atoms with Gasteiger partial charge in [0.15, 0.2) is 0 Å². The molecule has 3 rings (SSSR count). The number of halogens is 1. The van der Waals surface area contributed by atoms with E-state index in [0.29, 0.717) is 11.4 Å². The van der Waals surface area contributed by atoms with E-state index in [-0.39, 0.29) is 21.7 Å². The SMILES string of the molecule is COc1ccc(NC(=O)c2ccccc2NS(=O)(=O)c2ccc(F)c(C)c2)cc1. The average molecular weight is 414 g/mol. The Morgan fingerprint density at radius 2 is 1.69 bits per heavy atom. The number of carbonyl (C=O) groups excluding carboxylic acids is 1. The van der Waals surface area contributed by atoms with Crippen LogP contribution >= 0.6 is 0 Å². The quantitative estimate of drug-likeness (QED) is 0.633. The molecule has 0 aromatic heterocycles. The van der Waals surface area contributed by atoms with Crippen LogP contribution in [-0.2, 0) is 10.0 Å². The molecule has 0 atom stereocenters. The van der Waals surface area contributed by atoms with Gasteiger partial charge in [0.25, 0.3) is 15.9 Å². The molecule has 0 heterocycles. The Balaban J connectivity index is 1.85. The van der Waals surface area contributed by atoms with Crippen molar-refractivity contribution in [1.82, 2.24) is 0 Å². The van der Waals surface area contributed by atoms with Crippen molar-refractivity contribution in [1.29, 1.82) is 0 Å². The van der Waals surface area contributed by atoms with Crippen LogP contribution in [0.15, 0.2) is 71.6 Å². The van der Waals surface area contributed by atoms with Gasteiger partial charge in [0.05, 0.1) is 23.3 Å². The first-order chi connectivity index (χ1) is 13.8. The van der Waals surface area contributed by atoms with E-state index in [9.17, 15) is 17.6 Å². The van der Waals surface area contributed by atoms with Crippen molar-refractivity contribution >= 4 is 27.3 Å². The third-order valence-corrected chi connectivity index (χ3v) is 5.57. The lowest BCUT2D eigenvalue weighted by molar-refractivity contribution is 0.102. The highest BCUT2D eigenvalue weighted by atomic mass is 32.2. The van der Waals surface area contributed by atoms with Gasteiger partial charge in [0, 0.05) is 5.69 Å². The molecule has 0 aliphatic heterocycles. The standard InChI is InChI=1S/C21H19FN2O4S/c1-14-13-17(11-12-19(14)22)29(26,27)24-20-6-4-3-5-18(20)21(25)23-15-7-9-16(28-2)10-8-15/h3-13,24H,1-2H3,(H,23,25). The van der Waals surface area contributed by atoms with E-state index >= 15 is 0 Å². The van der Waals surface area contributed by atoms with Gasteiger partial charge in [-0.05, 0) is 67.1 Å². The molecule has 150 valence electrons. The van der Waals surface area contributed by atoms with Crippen molar-refractivity contribution < 1.29 is 22.3 Å². The second kappa shape index (κ2) is 8.32. The number of hydrogen-bond acceptors (Lipinski definition) is 4. The molecular formula is C21H19FN2O4S. The first-order valence-electron chi connectivity index (χ1n) is 8.63. The van der Waals surface area contributed by atoms with Gasteiger partial charge in [-0.2, -0.15) is 0 Å². The summed E-state index contributed by atoms with van der Waals surface area (Å²) in [7, 11) is -2.46. The number of benzene rings is 3. The number of para-hydroxylation sites is 1. The average Bonchev–Trinajstić information content (AvgIpc) is 2.70. The van der Waals surface area contributed by atoms with Gasteiger partial charge in [-0.25, -0.2) is 12.8 Å². The minimum Gasteiger partial charge on any atom is -0.497 e. The molecule has 0 radical (unpaired) electrons. The predicted molar refractivity (Wildman–Crippen MR) is 109 cm³/mol. The molecule has 8 heteroatoms. The molecule has 0 spiro atoms. The summed E-state index contributed by atoms with van der Waals surface area (Å²) in [6.07, 6.45) is 0. The van der Waals surface area contributed by atoms with Gasteiger partial charge in [-0.3, -0.25) is 9.52 Å². The van der Waals surface area contributed by atoms with E-state index in [1.165, 1.54) is 31.2 Å². The van der Waals surface area contributed by atoms with Crippen molar-refractivity contribution in [3.8, 4) is 5.75 Å². The van der Waals surface area contributed by atoms with E-state index in [0.717, 1.165) is 6.07 Å². The van der Waals surface area contributed by atoms with Crippen LogP contribution in [0.3, 0.4) is 0 Å². The van der Waals surface area contributed by atoms with Crippen LogP contribution in [0.4, 0.5) is 15.8 Å². The Bertz CT molecular complexity index is 1150. The topological polar surface area (TPSA) is 84.5 Å². The van der Waals surface area contributed by atoms with Crippen LogP contribution in [-0.4, -0.2) is 21.4 Å². The molecule has 0 saturated carbocycles.